The second-order valence-corrected chi connectivity index (χ2v) is 5.50. The molecular weight excluding hydrogens is 232 g/mol. The molecule has 0 radical (unpaired) electrons. The minimum Gasteiger partial charge on any atom is -0.350 e. The number of sulfonamides is 1. The monoisotopic (exact) mass is 244 g/mol. The summed E-state index contributed by atoms with van der Waals surface area (Å²) in [7, 11) is -3.23. The minimum absolute atomic E-state index is 0.513. The normalized spacial score (nSPS) is 10.8. The average molecular weight is 244 g/mol. The maximum Gasteiger partial charge on any atom is 0.229 e. The first-order valence-electron chi connectivity index (χ1n) is 4.22. The van der Waals surface area contributed by atoms with Gasteiger partial charge in [-0.15, -0.1) is 0 Å². The smallest absolute Gasteiger partial charge is 0.229 e. The van der Waals surface area contributed by atoms with Crippen LogP contribution in [0.15, 0.2) is 24.3 Å². The predicted octanol–water partition coefficient (Wildman–Crippen LogP) is 1.82. The molecule has 2 N–H and O–H groups in total. The summed E-state index contributed by atoms with van der Waals surface area (Å²) < 4.78 is 24.3. The van der Waals surface area contributed by atoms with Crippen LogP contribution < -0.4 is 10.0 Å². The average Bonchev–Trinajstić information content (AvgIpc) is 1.99. The number of anilines is 2. The number of thiocarbonyl (C=S) groups is 1. The van der Waals surface area contributed by atoms with Crippen LogP contribution in [-0.2, 0) is 10.0 Å². The summed E-state index contributed by atoms with van der Waals surface area (Å²) in [6.45, 7) is 1.76. The van der Waals surface area contributed by atoms with Crippen molar-refractivity contribution in [3.8, 4) is 0 Å². The lowest BCUT2D eigenvalue weighted by Gasteiger charge is -2.07. The number of hydrogen-bond acceptors (Lipinski definition) is 3. The van der Waals surface area contributed by atoms with E-state index < -0.39 is 10.0 Å². The van der Waals surface area contributed by atoms with E-state index in [1.807, 2.05) is 6.07 Å². The Hall–Kier alpha value is -1.14. The van der Waals surface area contributed by atoms with E-state index in [0.29, 0.717) is 10.7 Å². The van der Waals surface area contributed by atoms with Crippen LogP contribution in [0.1, 0.15) is 6.92 Å². The topological polar surface area (TPSA) is 58.2 Å². The molecule has 0 aliphatic heterocycles. The first-order valence-corrected chi connectivity index (χ1v) is 6.52. The van der Waals surface area contributed by atoms with Crippen molar-refractivity contribution in [3.63, 3.8) is 0 Å². The van der Waals surface area contributed by atoms with Gasteiger partial charge in [-0.05, 0) is 25.1 Å². The van der Waals surface area contributed by atoms with Crippen molar-refractivity contribution in [1.82, 2.24) is 0 Å². The lowest BCUT2D eigenvalue weighted by molar-refractivity contribution is 0.607. The lowest BCUT2D eigenvalue weighted by Crippen LogP contribution is -2.10. The fourth-order valence-electron chi connectivity index (χ4n) is 1.08. The maximum atomic E-state index is 11.0. The van der Waals surface area contributed by atoms with E-state index in [2.05, 4.69) is 10.0 Å². The Morgan fingerprint density at radius 3 is 2.47 bits per heavy atom. The summed E-state index contributed by atoms with van der Waals surface area (Å²) in [6, 6.07) is 6.90. The van der Waals surface area contributed by atoms with Gasteiger partial charge in [-0.1, -0.05) is 18.3 Å². The first-order chi connectivity index (χ1) is 6.87. The number of nitrogens with one attached hydrogen (secondary N) is 2. The van der Waals surface area contributed by atoms with Crippen molar-refractivity contribution in [3.05, 3.63) is 24.3 Å². The SMILES string of the molecule is CC(=S)Nc1cccc(NS(C)(=O)=O)c1. The van der Waals surface area contributed by atoms with E-state index in [1.54, 1.807) is 25.1 Å². The van der Waals surface area contributed by atoms with Gasteiger partial charge in [0.1, 0.15) is 0 Å². The molecule has 1 aromatic rings. The molecule has 15 heavy (non-hydrogen) atoms. The quantitative estimate of drug-likeness (QED) is 0.796. The van der Waals surface area contributed by atoms with Gasteiger partial charge in [-0.3, -0.25) is 4.72 Å². The highest BCUT2D eigenvalue weighted by atomic mass is 32.2. The summed E-state index contributed by atoms with van der Waals surface area (Å²) in [4.78, 5) is 0.631. The molecule has 82 valence electrons. The van der Waals surface area contributed by atoms with E-state index in [9.17, 15) is 8.42 Å². The maximum absolute atomic E-state index is 11.0. The summed E-state index contributed by atoms with van der Waals surface area (Å²) in [6.07, 6.45) is 1.11. The number of rotatable bonds is 3. The largest absolute Gasteiger partial charge is 0.350 e. The van der Waals surface area contributed by atoms with Gasteiger partial charge in [-0.25, -0.2) is 8.42 Å². The fourth-order valence-corrected chi connectivity index (χ4v) is 1.75. The van der Waals surface area contributed by atoms with Crippen molar-refractivity contribution < 1.29 is 8.42 Å². The zero-order chi connectivity index (χ0) is 11.5. The Morgan fingerprint density at radius 1 is 1.33 bits per heavy atom. The van der Waals surface area contributed by atoms with Crippen molar-refractivity contribution in [1.29, 1.82) is 0 Å². The third kappa shape index (κ3) is 4.75. The Kier molecular flexibility index (Phi) is 3.65. The van der Waals surface area contributed by atoms with Crippen LogP contribution in [0.5, 0.6) is 0 Å². The molecule has 0 amide bonds. The molecule has 0 saturated heterocycles. The molecule has 0 unspecified atom stereocenters. The summed E-state index contributed by atoms with van der Waals surface area (Å²) in [5, 5.41) is 2.93. The predicted molar refractivity (Wildman–Crippen MR) is 66.8 cm³/mol. The molecule has 0 aliphatic carbocycles. The highest BCUT2D eigenvalue weighted by Crippen LogP contribution is 2.15. The van der Waals surface area contributed by atoms with E-state index in [-0.39, 0.29) is 0 Å². The summed E-state index contributed by atoms with van der Waals surface area (Å²) in [5.41, 5.74) is 1.27. The van der Waals surface area contributed by atoms with Gasteiger partial charge in [0.05, 0.1) is 16.9 Å². The van der Waals surface area contributed by atoms with Crippen LogP contribution >= 0.6 is 12.2 Å². The molecule has 0 aromatic heterocycles. The van der Waals surface area contributed by atoms with Gasteiger partial charge in [0.25, 0.3) is 0 Å². The second kappa shape index (κ2) is 4.59. The summed E-state index contributed by atoms with van der Waals surface area (Å²) >= 11 is 4.88. The number of benzene rings is 1. The second-order valence-electron chi connectivity index (χ2n) is 3.14. The zero-order valence-electron chi connectivity index (χ0n) is 8.44. The molecule has 0 heterocycles. The summed E-state index contributed by atoms with van der Waals surface area (Å²) in [5.74, 6) is 0. The minimum atomic E-state index is -3.23. The lowest BCUT2D eigenvalue weighted by atomic mass is 10.3. The fraction of sp³-hybridized carbons (Fsp3) is 0.222. The van der Waals surface area contributed by atoms with E-state index in [4.69, 9.17) is 12.2 Å². The molecule has 0 spiro atoms. The molecule has 0 saturated carbocycles. The van der Waals surface area contributed by atoms with E-state index in [0.717, 1.165) is 11.9 Å². The van der Waals surface area contributed by atoms with Crippen molar-refractivity contribution in [2.45, 2.75) is 6.92 Å². The third-order valence-corrected chi connectivity index (χ3v) is 2.19. The van der Waals surface area contributed by atoms with E-state index in [1.165, 1.54) is 0 Å². The molecule has 0 bridgehead atoms. The highest BCUT2D eigenvalue weighted by molar-refractivity contribution is 7.92. The molecule has 0 aliphatic rings. The standard InChI is InChI=1S/C9H12N2O2S2/c1-7(14)10-8-4-3-5-9(6-8)11-15(2,12)13/h3-6,11H,1-2H3,(H,10,14). The van der Waals surface area contributed by atoms with Crippen LogP contribution in [0, 0.1) is 0 Å². The van der Waals surface area contributed by atoms with Crippen LogP contribution in [0.2, 0.25) is 0 Å². The van der Waals surface area contributed by atoms with Gasteiger partial charge in [0.15, 0.2) is 0 Å². The Labute approximate surface area is 94.7 Å². The number of hydrogen-bond donors (Lipinski definition) is 2. The molecule has 1 rings (SSSR count). The van der Waals surface area contributed by atoms with Gasteiger partial charge >= 0.3 is 0 Å². The third-order valence-electron chi connectivity index (χ3n) is 1.49. The van der Waals surface area contributed by atoms with Gasteiger partial charge in [-0.2, -0.15) is 0 Å². The van der Waals surface area contributed by atoms with Crippen LogP contribution in [-0.4, -0.2) is 19.7 Å². The van der Waals surface area contributed by atoms with Crippen molar-refractivity contribution in [2.75, 3.05) is 16.3 Å². The molecule has 0 fully saturated rings. The van der Waals surface area contributed by atoms with Crippen molar-refractivity contribution in [2.24, 2.45) is 0 Å². The highest BCUT2D eigenvalue weighted by Gasteiger charge is 2.02. The van der Waals surface area contributed by atoms with E-state index >= 15 is 0 Å². The molecule has 6 heteroatoms. The van der Waals surface area contributed by atoms with Gasteiger partial charge in [0.2, 0.25) is 10.0 Å². The Morgan fingerprint density at radius 2 is 1.93 bits per heavy atom. The Balaban J connectivity index is 2.88. The molecule has 4 nitrogen and oxygen atoms in total. The van der Waals surface area contributed by atoms with Gasteiger partial charge in [0, 0.05) is 5.69 Å². The first kappa shape index (κ1) is 11.9. The molecular formula is C9H12N2O2S2. The van der Waals surface area contributed by atoms with Crippen molar-refractivity contribution >= 4 is 38.6 Å². The Bertz CT molecular complexity index is 469. The van der Waals surface area contributed by atoms with Gasteiger partial charge < -0.3 is 5.32 Å². The zero-order valence-corrected chi connectivity index (χ0v) is 10.1. The molecule has 1 aromatic carbocycles. The van der Waals surface area contributed by atoms with Crippen LogP contribution in [0.3, 0.4) is 0 Å². The van der Waals surface area contributed by atoms with Crippen LogP contribution in [0.4, 0.5) is 11.4 Å². The molecule has 0 atom stereocenters. The van der Waals surface area contributed by atoms with Crippen LogP contribution in [0.25, 0.3) is 0 Å².